The number of fused-ring (bicyclic) bond motifs is 1. The van der Waals surface area contributed by atoms with Crippen LogP contribution in [0.1, 0.15) is 10.4 Å². The molecule has 0 unspecified atom stereocenters. The van der Waals surface area contributed by atoms with Crippen LogP contribution in [0.25, 0.3) is 10.9 Å². The quantitative estimate of drug-likeness (QED) is 0.442. The summed E-state index contributed by atoms with van der Waals surface area (Å²) in [4.78, 5) is 15.1. The molecule has 0 saturated heterocycles. The predicted octanol–water partition coefficient (Wildman–Crippen LogP) is 1.85. The first kappa shape index (κ1) is 13.4. The lowest BCUT2D eigenvalue weighted by Crippen LogP contribution is -2.25. The van der Waals surface area contributed by atoms with Crippen molar-refractivity contribution in [3.8, 4) is 12.3 Å². The summed E-state index contributed by atoms with van der Waals surface area (Å²) >= 11 is 1.62. The van der Waals surface area contributed by atoms with Gasteiger partial charge >= 0.3 is 0 Å². The summed E-state index contributed by atoms with van der Waals surface area (Å²) in [6, 6.07) is 5.47. The Morgan fingerprint density at radius 1 is 1.53 bits per heavy atom. The Hall–Kier alpha value is -2.06. The standard InChI is InChI=1S/C14H15N3OS/c1-2-6-19-7-5-16-14(18)12-9-17-13-4-3-10(15)8-11(12)13/h1,3-4,8-9,17H,5-7,15H2,(H,16,18). The Bertz CT molecular complexity index is 627. The number of H-pyrrole nitrogens is 1. The lowest BCUT2D eigenvalue weighted by molar-refractivity contribution is 0.0958. The molecule has 0 aliphatic carbocycles. The van der Waals surface area contributed by atoms with E-state index in [1.807, 2.05) is 6.07 Å². The van der Waals surface area contributed by atoms with E-state index in [0.717, 1.165) is 16.7 Å². The molecule has 1 heterocycles. The number of nitrogens with one attached hydrogen (secondary N) is 2. The van der Waals surface area contributed by atoms with Gasteiger partial charge in [-0.05, 0) is 18.2 Å². The third-order valence-electron chi connectivity index (χ3n) is 2.67. The van der Waals surface area contributed by atoms with E-state index < -0.39 is 0 Å². The molecule has 0 fully saturated rings. The van der Waals surface area contributed by atoms with Crippen molar-refractivity contribution < 1.29 is 4.79 Å². The van der Waals surface area contributed by atoms with Gasteiger partial charge < -0.3 is 16.0 Å². The van der Waals surface area contributed by atoms with Gasteiger partial charge in [-0.1, -0.05) is 5.92 Å². The van der Waals surface area contributed by atoms with Gasteiger partial charge in [-0.2, -0.15) is 0 Å². The highest BCUT2D eigenvalue weighted by molar-refractivity contribution is 7.99. The minimum Gasteiger partial charge on any atom is -0.399 e. The van der Waals surface area contributed by atoms with Crippen LogP contribution in [0.2, 0.25) is 0 Å². The van der Waals surface area contributed by atoms with Crippen molar-refractivity contribution in [3.63, 3.8) is 0 Å². The predicted molar refractivity (Wildman–Crippen MR) is 81.2 cm³/mol. The van der Waals surface area contributed by atoms with Crippen LogP contribution in [0.5, 0.6) is 0 Å². The number of anilines is 1. The Labute approximate surface area is 116 Å². The van der Waals surface area contributed by atoms with Crippen molar-refractivity contribution >= 4 is 34.3 Å². The second kappa shape index (κ2) is 6.21. The number of nitrogens with two attached hydrogens (primary N) is 1. The number of carbonyl (C=O) groups excluding carboxylic acids is 1. The van der Waals surface area contributed by atoms with Gasteiger partial charge in [-0.3, -0.25) is 4.79 Å². The second-order valence-corrected chi connectivity index (χ2v) is 5.13. The van der Waals surface area contributed by atoms with Crippen LogP contribution in [-0.4, -0.2) is 28.9 Å². The van der Waals surface area contributed by atoms with Crippen LogP contribution in [0.3, 0.4) is 0 Å². The number of amides is 1. The molecular formula is C14H15N3OS. The van der Waals surface area contributed by atoms with Crippen LogP contribution >= 0.6 is 11.8 Å². The van der Waals surface area contributed by atoms with Gasteiger partial charge in [0.2, 0.25) is 0 Å². The SMILES string of the molecule is C#CCSCCNC(=O)c1c[nH]c2ccc(N)cc12. The van der Waals surface area contributed by atoms with Crippen molar-refractivity contribution in [1.82, 2.24) is 10.3 Å². The number of rotatable bonds is 5. The summed E-state index contributed by atoms with van der Waals surface area (Å²) < 4.78 is 0. The largest absolute Gasteiger partial charge is 0.399 e. The molecule has 0 bridgehead atoms. The molecule has 19 heavy (non-hydrogen) atoms. The van der Waals surface area contributed by atoms with Crippen molar-refractivity contribution in [3.05, 3.63) is 30.0 Å². The van der Waals surface area contributed by atoms with Gasteiger partial charge in [0.05, 0.1) is 11.3 Å². The zero-order chi connectivity index (χ0) is 13.7. The van der Waals surface area contributed by atoms with Crippen LogP contribution in [0.4, 0.5) is 5.69 Å². The topological polar surface area (TPSA) is 70.9 Å². The number of benzene rings is 1. The average Bonchev–Trinajstić information content (AvgIpc) is 2.81. The van der Waals surface area contributed by atoms with E-state index >= 15 is 0 Å². The molecule has 0 aliphatic heterocycles. The first-order chi connectivity index (χ1) is 9.22. The van der Waals surface area contributed by atoms with Crippen molar-refractivity contribution in [2.45, 2.75) is 0 Å². The Balaban J connectivity index is 2.01. The number of aromatic nitrogens is 1. The number of hydrogen-bond donors (Lipinski definition) is 3. The normalized spacial score (nSPS) is 10.3. The van der Waals surface area contributed by atoms with Gasteiger partial charge in [-0.25, -0.2) is 0 Å². The Morgan fingerprint density at radius 2 is 2.37 bits per heavy atom. The van der Waals surface area contributed by atoms with Crippen LogP contribution in [0, 0.1) is 12.3 Å². The maximum atomic E-state index is 12.0. The summed E-state index contributed by atoms with van der Waals surface area (Å²) in [7, 11) is 0. The highest BCUT2D eigenvalue weighted by Crippen LogP contribution is 2.20. The molecule has 0 aliphatic rings. The van der Waals surface area contributed by atoms with Gasteiger partial charge in [0, 0.05) is 35.1 Å². The average molecular weight is 273 g/mol. The zero-order valence-corrected chi connectivity index (χ0v) is 11.2. The number of carbonyl (C=O) groups is 1. The van der Waals surface area contributed by atoms with E-state index in [0.29, 0.717) is 23.5 Å². The molecular weight excluding hydrogens is 258 g/mol. The lowest BCUT2D eigenvalue weighted by Gasteiger charge is -2.03. The Morgan fingerprint density at radius 3 is 3.16 bits per heavy atom. The molecule has 0 radical (unpaired) electrons. The van der Waals surface area contributed by atoms with E-state index in [9.17, 15) is 4.79 Å². The molecule has 2 aromatic rings. The monoisotopic (exact) mass is 273 g/mol. The molecule has 98 valence electrons. The summed E-state index contributed by atoms with van der Waals surface area (Å²) in [6.45, 7) is 0.597. The first-order valence-electron chi connectivity index (χ1n) is 5.88. The van der Waals surface area contributed by atoms with Gasteiger partial charge in [-0.15, -0.1) is 18.2 Å². The molecule has 2 rings (SSSR count). The molecule has 5 heteroatoms. The fourth-order valence-corrected chi connectivity index (χ4v) is 2.30. The summed E-state index contributed by atoms with van der Waals surface area (Å²) in [6.07, 6.45) is 6.85. The maximum Gasteiger partial charge on any atom is 0.253 e. The summed E-state index contributed by atoms with van der Waals surface area (Å²) in [5.74, 6) is 3.92. The minimum atomic E-state index is -0.0989. The Kier molecular flexibility index (Phi) is 4.37. The number of aromatic amines is 1. The minimum absolute atomic E-state index is 0.0989. The molecule has 0 saturated carbocycles. The van der Waals surface area contributed by atoms with Crippen LogP contribution in [-0.2, 0) is 0 Å². The third kappa shape index (κ3) is 3.24. The van der Waals surface area contributed by atoms with Crippen molar-refractivity contribution in [2.75, 3.05) is 23.8 Å². The van der Waals surface area contributed by atoms with E-state index in [-0.39, 0.29) is 5.91 Å². The van der Waals surface area contributed by atoms with Crippen molar-refractivity contribution in [2.24, 2.45) is 0 Å². The zero-order valence-electron chi connectivity index (χ0n) is 10.4. The van der Waals surface area contributed by atoms with Gasteiger partial charge in [0.25, 0.3) is 5.91 Å². The molecule has 1 amide bonds. The van der Waals surface area contributed by atoms with E-state index in [1.165, 1.54) is 0 Å². The number of nitrogen functional groups attached to an aromatic ring is 1. The molecule has 1 aromatic heterocycles. The molecule has 4 nitrogen and oxygen atoms in total. The van der Waals surface area contributed by atoms with E-state index in [4.69, 9.17) is 12.2 Å². The smallest absolute Gasteiger partial charge is 0.253 e. The fourth-order valence-electron chi connectivity index (χ4n) is 1.79. The molecule has 0 spiro atoms. The highest BCUT2D eigenvalue weighted by atomic mass is 32.2. The van der Waals surface area contributed by atoms with Crippen LogP contribution < -0.4 is 11.1 Å². The number of hydrogen-bond acceptors (Lipinski definition) is 3. The molecule has 0 atom stereocenters. The number of thioether (sulfide) groups is 1. The highest BCUT2D eigenvalue weighted by Gasteiger charge is 2.11. The maximum absolute atomic E-state index is 12.0. The molecule has 1 aromatic carbocycles. The second-order valence-electron chi connectivity index (χ2n) is 4.02. The summed E-state index contributed by atoms with van der Waals surface area (Å²) in [5, 5.41) is 3.71. The first-order valence-corrected chi connectivity index (χ1v) is 7.04. The van der Waals surface area contributed by atoms with Gasteiger partial charge in [0.15, 0.2) is 0 Å². The summed E-state index contributed by atoms with van der Waals surface area (Å²) in [5.41, 5.74) is 7.90. The molecule has 4 N–H and O–H groups in total. The van der Waals surface area contributed by atoms with Crippen LogP contribution in [0.15, 0.2) is 24.4 Å². The van der Waals surface area contributed by atoms with E-state index in [1.54, 1.807) is 30.1 Å². The van der Waals surface area contributed by atoms with Gasteiger partial charge in [0.1, 0.15) is 0 Å². The van der Waals surface area contributed by atoms with Crippen molar-refractivity contribution in [1.29, 1.82) is 0 Å². The van der Waals surface area contributed by atoms with E-state index in [2.05, 4.69) is 16.2 Å². The lowest BCUT2D eigenvalue weighted by atomic mass is 10.1. The number of terminal acetylenes is 1. The fraction of sp³-hybridized carbons (Fsp3) is 0.214. The third-order valence-corrected chi connectivity index (χ3v) is 3.53.